The summed E-state index contributed by atoms with van der Waals surface area (Å²) in [6.07, 6.45) is 1.50. The number of likely N-dealkylation sites (tertiary alicyclic amines) is 1. The minimum atomic E-state index is -0.411. The third kappa shape index (κ3) is 4.80. The molecule has 7 nitrogen and oxygen atoms in total. The Balaban J connectivity index is 1.37. The first-order chi connectivity index (χ1) is 14.5. The molecule has 0 radical (unpaired) electrons. The predicted molar refractivity (Wildman–Crippen MR) is 116 cm³/mol. The van der Waals surface area contributed by atoms with Crippen LogP contribution in [0.4, 0.5) is 11.4 Å². The van der Waals surface area contributed by atoms with Crippen molar-refractivity contribution in [1.29, 1.82) is 0 Å². The maximum atomic E-state index is 12.8. The number of amides is 2. The molecule has 1 unspecified atom stereocenters. The Morgan fingerprint density at radius 3 is 2.67 bits per heavy atom. The van der Waals surface area contributed by atoms with Gasteiger partial charge in [0.2, 0.25) is 11.8 Å². The van der Waals surface area contributed by atoms with Gasteiger partial charge in [0.1, 0.15) is 13.2 Å². The van der Waals surface area contributed by atoms with Crippen molar-refractivity contribution in [2.75, 3.05) is 36.9 Å². The standard InChI is InChI=1S/C21H21Cl2N3O4/c22-13-3-5-15(23)16(10-13)25-21(28)17-2-1-7-26(17)12-20(27)24-14-4-6-18-19(11-14)30-9-8-29-18/h3-6,10-11,17H,1-2,7-9,12H2,(H,24,27)(H,25,28). The summed E-state index contributed by atoms with van der Waals surface area (Å²) in [5.74, 6) is 0.863. The van der Waals surface area contributed by atoms with Crippen LogP contribution in [0.25, 0.3) is 0 Å². The Morgan fingerprint density at radius 1 is 1.03 bits per heavy atom. The van der Waals surface area contributed by atoms with Crippen LogP contribution >= 0.6 is 23.2 Å². The lowest BCUT2D eigenvalue weighted by atomic mass is 10.2. The molecule has 0 bridgehead atoms. The number of fused-ring (bicyclic) bond motifs is 1. The highest BCUT2D eigenvalue weighted by atomic mass is 35.5. The van der Waals surface area contributed by atoms with Gasteiger partial charge in [-0.25, -0.2) is 0 Å². The van der Waals surface area contributed by atoms with Gasteiger partial charge >= 0.3 is 0 Å². The summed E-state index contributed by atoms with van der Waals surface area (Å²) in [4.78, 5) is 27.2. The molecule has 2 aromatic rings. The van der Waals surface area contributed by atoms with Crippen molar-refractivity contribution < 1.29 is 19.1 Å². The molecule has 9 heteroatoms. The van der Waals surface area contributed by atoms with E-state index in [1.165, 1.54) is 0 Å². The van der Waals surface area contributed by atoms with E-state index in [0.717, 1.165) is 6.42 Å². The number of nitrogens with zero attached hydrogens (tertiary/aromatic N) is 1. The van der Waals surface area contributed by atoms with E-state index in [1.54, 1.807) is 36.4 Å². The third-order valence-electron chi connectivity index (χ3n) is 5.03. The van der Waals surface area contributed by atoms with Crippen LogP contribution < -0.4 is 20.1 Å². The molecule has 0 aliphatic carbocycles. The normalized spacial score (nSPS) is 18.1. The molecule has 1 fully saturated rings. The second-order valence-corrected chi connectivity index (χ2v) is 7.99. The van der Waals surface area contributed by atoms with Crippen LogP contribution in [0.3, 0.4) is 0 Å². The van der Waals surface area contributed by atoms with Gasteiger partial charge < -0.3 is 20.1 Å². The molecule has 0 spiro atoms. The molecule has 2 aromatic carbocycles. The van der Waals surface area contributed by atoms with Crippen LogP contribution in [0.1, 0.15) is 12.8 Å². The number of carbonyl (C=O) groups is 2. The van der Waals surface area contributed by atoms with Gasteiger partial charge in [0.15, 0.2) is 11.5 Å². The van der Waals surface area contributed by atoms with Crippen LogP contribution in [-0.2, 0) is 9.59 Å². The van der Waals surface area contributed by atoms with Gasteiger partial charge in [-0.1, -0.05) is 23.2 Å². The average Bonchev–Trinajstić information content (AvgIpc) is 3.18. The fourth-order valence-corrected chi connectivity index (χ4v) is 3.96. The number of benzene rings is 2. The molecule has 4 rings (SSSR count). The predicted octanol–water partition coefficient (Wildman–Crippen LogP) is 3.81. The molecule has 30 heavy (non-hydrogen) atoms. The number of ether oxygens (including phenoxy) is 2. The number of nitrogens with one attached hydrogen (secondary N) is 2. The van der Waals surface area contributed by atoms with E-state index < -0.39 is 6.04 Å². The number of hydrogen-bond donors (Lipinski definition) is 2. The Labute approximate surface area is 184 Å². The molecule has 0 saturated carbocycles. The van der Waals surface area contributed by atoms with Crippen LogP contribution in [0.5, 0.6) is 11.5 Å². The minimum Gasteiger partial charge on any atom is -0.486 e. The molecular weight excluding hydrogens is 429 g/mol. The van der Waals surface area contributed by atoms with Crippen LogP contribution in [-0.4, -0.2) is 49.1 Å². The van der Waals surface area contributed by atoms with Crippen molar-refractivity contribution in [2.24, 2.45) is 0 Å². The zero-order valence-corrected chi connectivity index (χ0v) is 17.6. The second kappa shape index (κ2) is 9.12. The smallest absolute Gasteiger partial charge is 0.241 e. The fraction of sp³-hybridized carbons (Fsp3) is 0.333. The van der Waals surface area contributed by atoms with Gasteiger partial charge in [0.25, 0.3) is 0 Å². The highest BCUT2D eigenvalue weighted by Crippen LogP contribution is 2.32. The Morgan fingerprint density at radius 2 is 1.83 bits per heavy atom. The molecule has 2 aliphatic heterocycles. The van der Waals surface area contributed by atoms with E-state index in [2.05, 4.69) is 10.6 Å². The van der Waals surface area contributed by atoms with E-state index >= 15 is 0 Å². The van der Waals surface area contributed by atoms with Crippen molar-refractivity contribution in [3.05, 3.63) is 46.4 Å². The van der Waals surface area contributed by atoms with Crippen molar-refractivity contribution in [1.82, 2.24) is 4.90 Å². The Hall–Kier alpha value is -2.48. The van der Waals surface area contributed by atoms with Crippen LogP contribution in [0, 0.1) is 0 Å². The quantitative estimate of drug-likeness (QED) is 0.725. The highest BCUT2D eigenvalue weighted by Gasteiger charge is 2.32. The van der Waals surface area contributed by atoms with Gasteiger partial charge in [-0.05, 0) is 49.7 Å². The summed E-state index contributed by atoms with van der Waals surface area (Å²) in [5, 5.41) is 6.57. The first kappa shape index (κ1) is 20.8. The van der Waals surface area contributed by atoms with E-state index in [-0.39, 0.29) is 18.4 Å². The van der Waals surface area contributed by atoms with E-state index in [1.807, 2.05) is 4.90 Å². The monoisotopic (exact) mass is 449 g/mol. The third-order valence-corrected chi connectivity index (χ3v) is 5.59. The molecule has 2 amide bonds. The maximum Gasteiger partial charge on any atom is 0.241 e. The van der Waals surface area contributed by atoms with Gasteiger partial charge in [-0.15, -0.1) is 0 Å². The van der Waals surface area contributed by atoms with E-state index in [9.17, 15) is 9.59 Å². The molecular formula is C21H21Cl2N3O4. The number of anilines is 2. The largest absolute Gasteiger partial charge is 0.486 e. The zero-order chi connectivity index (χ0) is 21.1. The van der Waals surface area contributed by atoms with Gasteiger partial charge in [0.05, 0.1) is 23.3 Å². The molecule has 2 aliphatic rings. The summed E-state index contributed by atoms with van der Waals surface area (Å²) < 4.78 is 11.0. The number of carbonyl (C=O) groups excluding carboxylic acids is 2. The molecule has 2 heterocycles. The summed E-state index contributed by atoms with van der Waals surface area (Å²) >= 11 is 12.1. The van der Waals surface area contributed by atoms with Crippen molar-refractivity contribution in [3.8, 4) is 11.5 Å². The number of rotatable bonds is 5. The lowest BCUT2D eigenvalue weighted by Gasteiger charge is -2.23. The number of hydrogen-bond acceptors (Lipinski definition) is 5. The molecule has 0 aromatic heterocycles. The van der Waals surface area contributed by atoms with Crippen LogP contribution in [0.15, 0.2) is 36.4 Å². The lowest BCUT2D eigenvalue weighted by molar-refractivity contribution is -0.122. The highest BCUT2D eigenvalue weighted by molar-refractivity contribution is 6.35. The van der Waals surface area contributed by atoms with Gasteiger partial charge in [-0.3, -0.25) is 14.5 Å². The maximum absolute atomic E-state index is 12.8. The Kier molecular flexibility index (Phi) is 6.32. The second-order valence-electron chi connectivity index (χ2n) is 7.15. The zero-order valence-electron chi connectivity index (χ0n) is 16.1. The first-order valence-electron chi connectivity index (χ1n) is 9.69. The van der Waals surface area contributed by atoms with E-state index in [4.69, 9.17) is 32.7 Å². The first-order valence-corrected chi connectivity index (χ1v) is 10.4. The van der Waals surface area contributed by atoms with Crippen LogP contribution in [0.2, 0.25) is 10.0 Å². The minimum absolute atomic E-state index is 0.107. The molecule has 1 saturated heterocycles. The van der Waals surface area contributed by atoms with Gasteiger partial charge in [0, 0.05) is 16.8 Å². The topological polar surface area (TPSA) is 79.9 Å². The van der Waals surface area contributed by atoms with E-state index in [0.29, 0.717) is 59.1 Å². The average molecular weight is 450 g/mol. The summed E-state index contributed by atoms with van der Waals surface area (Å²) in [6, 6.07) is 9.75. The summed E-state index contributed by atoms with van der Waals surface area (Å²) in [7, 11) is 0. The SMILES string of the molecule is O=C(CN1CCCC1C(=O)Nc1cc(Cl)ccc1Cl)Nc1ccc2c(c1)OCCO2. The van der Waals surface area contributed by atoms with Gasteiger partial charge in [-0.2, -0.15) is 0 Å². The molecule has 158 valence electrons. The number of halogens is 2. The van der Waals surface area contributed by atoms with Crippen molar-refractivity contribution >= 4 is 46.4 Å². The fourth-order valence-electron chi connectivity index (χ4n) is 3.63. The Bertz CT molecular complexity index is 969. The summed E-state index contributed by atoms with van der Waals surface area (Å²) in [5.41, 5.74) is 1.08. The van der Waals surface area contributed by atoms with Crippen molar-refractivity contribution in [2.45, 2.75) is 18.9 Å². The molecule has 2 N–H and O–H groups in total. The molecule has 1 atom stereocenters. The van der Waals surface area contributed by atoms with Crippen molar-refractivity contribution in [3.63, 3.8) is 0 Å². The summed E-state index contributed by atoms with van der Waals surface area (Å²) in [6.45, 7) is 1.76. The lowest BCUT2D eigenvalue weighted by Crippen LogP contribution is -2.43.